The summed E-state index contributed by atoms with van der Waals surface area (Å²) in [4.78, 5) is 38.0. The molecular formula is C20H21N3O6. The number of ether oxygens (including phenoxy) is 2. The van der Waals surface area contributed by atoms with Crippen molar-refractivity contribution in [3.8, 4) is 0 Å². The predicted octanol–water partition coefficient (Wildman–Crippen LogP) is 2.39. The van der Waals surface area contributed by atoms with E-state index in [0.717, 1.165) is 6.07 Å². The second-order valence-corrected chi connectivity index (χ2v) is 6.37. The lowest BCUT2D eigenvalue weighted by Gasteiger charge is -2.30. The second-order valence-electron chi connectivity index (χ2n) is 6.37. The minimum atomic E-state index is -1.15. The Bertz CT molecular complexity index is 896. The van der Waals surface area contributed by atoms with Gasteiger partial charge in [0.25, 0.3) is 11.6 Å². The predicted molar refractivity (Wildman–Crippen MR) is 105 cm³/mol. The Morgan fingerprint density at radius 3 is 2.48 bits per heavy atom. The summed E-state index contributed by atoms with van der Waals surface area (Å²) in [6.45, 7) is 1.64. The number of nitro benzene ring substituents is 1. The molecule has 1 fully saturated rings. The second kappa shape index (κ2) is 9.16. The fraction of sp³-hybridized carbons (Fsp3) is 0.300. The molecule has 3 rings (SSSR count). The van der Waals surface area contributed by atoms with E-state index in [-0.39, 0.29) is 22.8 Å². The first-order chi connectivity index (χ1) is 14.0. The number of carbonyl (C=O) groups is 2. The van der Waals surface area contributed by atoms with Crippen molar-refractivity contribution in [2.75, 3.05) is 38.7 Å². The number of nitrogens with zero attached hydrogens (tertiary/aromatic N) is 2. The number of benzene rings is 2. The highest BCUT2D eigenvalue weighted by molar-refractivity contribution is 5.94. The summed E-state index contributed by atoms with van der Waals surface area (Å²) in [5.74, 6) is -1.17. The zero-order valence-corrected chi connectivity index (χ0v) is 15.9. The van der Waals surface area contributed by atoms with Gasteiger partial charge >= 0.3 is 5.97 Å². The van der Waals surface area contributed by atoms with Crippen LogP contribution in [0.4, 0.5) is 11.4 Å². The summed E-state index contributed by atoms with van der Waals surface area (Å²) in [5.41, 5.74) is 0.540. The van der Waals surface area contributed by atoms with Gasteiger partial charge in [-0.1, -0.05) is 30.3 Å². The molecule has 0 saturated carbocycles. The molecule has 29 heavy (non-hydrogen) atoms. The lowest BCUT2D eigenvalue weighted by molar-refractivity contribution is -0.384. The molecule has 0 aliphatic carbocycles. The van der Waals surface area contributed by atoms with Gasteiger partial charge in [0.1, 0.15) is 5.69 Å². The van der Waals surface area contributed by atoms with E-state index < -0.39 is 17.0 Å². The van der Waals surface area contributed by atoms with E-state index >= 15 is 0 Å². The molecule has 152 valence electrons. The molecule has 0 bridgehead atoms. The molecule has 1 N–H and O–H groups in total. The Hall–Kier alpha value is -3.46. The van der Waals surface area contributed by atoms with Crippen LogP contribution in [-0.2, 0) is 14.3 Å². The molecule has 9 nitrogen and oxygen atoms in total. The maximum absolute atomic E-state index is 13.0. The van der Waals surface area contributed by atoms with E-state index in [0.29, 0.717) is 31.9 Å². The molecule has 2 aromatic carbocycles. The van der Waals surface area contributed by atoms with Crippen LogP contribution >= 0.6 is 0 Å². The first kappa shape index (κ1) is 20.3. The summed E-state index contributed by atoms with van der Waals surface area (Å²) >= 11 is 0. The third-order valence-electron chi connectivity index (χ3n) is 4.57. The summed E-state index contributed by atoms with van der Waals surface area (Å²) in [5, 5.41) is 14.0. The van der Waals surface area contributed by atoms with Crippen LogP contribution in [0.1, 0.15) is 22.0 Å². The zero-order valence-electron chi connectivity index (χ0n) is 15.9. The zero-order chi connectivity index (χ0) is 20.8. The van der Waals surface area contributed by atoms with Crippen molar-refractivity contribution in [3.63, 3.8) is 0 Å². The van der Waals surface area contributed by atoms with E-state index in [1.54, 1.807) is 42.3 Å². The van der Waals surface area contributed by atoms with Crippen molar-refractivity contribution in [2.45, 2.75) is 6.10 Å². The molecule has 1 saturated heterocycles. The van der Waals surface area contributed by atoms with Crippen LogP contribution < -0.4 is 5.32 Å². The van der Waals surface area contributed by atoms with Gasteiger partial charge in [0.15, 0.2) is 0 Å². The highest BCUT2D eigenvalue weighted by atomic mass is 16.6. The molecule has 1 heterocycles. The summed E-state index contributed by atoms with van der Waals surface area (Å²) < 4.78 is 10.8. The van der Waals surface area contributed by atoms with E-state index in [9.17, 15) is 19.7 Å². The number of carbonyl (C=O) groups excluding carboxylic acids is 2. The molecule has 1 atom stereocenters. The Balaban J connectivity index is 1.87. The van der Waals surface area contributed by atoms with Gasteiger partial charge in [-0.05, 0) is 12.1 Å². The van der Waals surface area contributed by atoms with Gasteiger partial charge in [0.05, 0.1) is 23.7 Å². The van der Waals surface area contributed by atoms with Gasteiger partial charge in [-0.15, -0.1) is 0 Å². The van der Waals surface area contributed by atoms with Crippen LogP contribution in [0, 0.1) is 10.1 Å². The normalized spacial score (nSPS) is 14.7. The highest BCUT2D eigenvalue weighted by Crippen LogP contribution is 2.27. The van der Waals surface area contributed by atoms with Gasteiger partial charge in [-0.2, -0.15) is 0 Å². The number of hydrogen-bond donors (Lipinski definition) is 1. The van der Waals surface area contributed by atoms with Crippen LogP contribution in [-0.4, -0.2) is 55.1 Å². The molecule has 0 radical (unpaired) electrons. The quantitative estimate of drug-likeness (QED) is 0.451. The van der Waals surface area contributed by atoms with E-state index in [1.807, 2.05) is 0 Å². The first-order valence-electron chi connectivity index (χ1n) is 9.10. The summed E-state index contributed by atoms with van der Waals surface area (Å²) in [6, 6.07) is 12.7. The van der Waals surface area contributed by atoms with Crippen LogP contribution in [0.15, 0.2) is 48.5 Å². The minimum absolute atomic E-state index is 0.00795. The van der Waals surface area contributed by atoms with Crippen molar-refractivity contribution in [2.24, 2.45) is 0 Å². The van der Waals surface area contributed by atoms with Crippen LogP contribution in [0.25, 0.3) is 0 Å². The molecule has 1 amide bonds. The molecule has 1 unspecified atom stereocenters. The molecular weight excluding hydrogens is 378 g/mol. The summed E-state index contributed by atoms with van der Waals surface area (Å²) in [6.07, 6.45) is -1.15. The van der Waals surface area contributed by atoms with Crippen LogP contribution in [0.3, 0.4) is 0 Å². The molecule has 0 aromatic heterocycles. The third-order valence-corrected chi connectivity index (χ3v) is 4.57. The van der Waals surface area contributed by atoms with Gasteiger partial charge in [0.2, 0.25) is 6.10 Å². The van der Waals surface area contributed by atoms with Crippen molar-refractivity contribution in [1.82, 2.24) is 4.90 Å². The fourth-order valence-electron chi connectivity index (χ4n) is 3.03. The lowest BCUT2D eigenvalue weighted by atomic mass is 10.1. The van der Waals surface area contributed by atoms with Crippen molar-refractivity contribution in [3.05, 3.63) is 69.8 Å². The first-order valence-corrected chi connectivity index (χ1v) is 9.10. The number of anilines is 1. The summed E-state index contributed by atoms with van der Waals surface area (Å²) in [7, 11) is 1.55. The number of esters is 1. The van der Waals surface area contributed by atoms with Crippen molar-refractivity contribution < 1.29 is 24.0 Å². The SMILES string of the molecule is CNc1ccc(C(=O)OC(C(=O)N2CCOCC2)c2ccccc2)cc1[N+](=O)[O-]. The maximum Gasteiger partial charge on any atom is 0.339 e. The average Bonchev–Trinajstić information content (AvgIpc) is 2.77. The highest BCUT2D eigenvalue weighted by Gasteiger charge is 2.31. The molecule has 0 spiro atoms. The van der Waals surface area contributed by atoms with Gasteiger partial charge in [-0.25, -0.2) is 4.79 Å². The number of nitro groups is 1. The minimum Gasteiger partial charge on any atom is -0.444 e. The Morgan fingerprint density at radius 1 is 1.17 bits per heavy atom. The number of nitrogens with one attached hydrogen (secondary N) is 1. The Morgan fingerprint density at radius 2 is 1.86 bits per heavy atom. The number of amides is 1. The average molecular weight is 399 g/mol. The smallest absolute Gasteiger partial charge is 0.339 e. The lowest BCUT2D eigenvalue weighted by Crippen LogP contribution is -2.44. The molecule has 1 aliphatic rings. The Labute approximate surface area is 167 Å². The van der Waals surface area contributed by atoms with E-state index in [4.69, 9.17) is 9.47 Å². The van der Waals surface area contributed by atoms with Crippen molar-refractivity contribution in [1.29, 1.82) is 0 Å². The molecule has 9 heteroatoms. The van der Waals surface area contributed by atoms with Gasteiger partial charge in [0, 0.05) is 31.8 Å². The standard InChI is InChI=1S/C20H21N3O6/c1-21-16-8-7-15(13-17(16)23(26)27)20(25)29-18(14-5-3-2-4-6-14)19(24)22-9-11-28-12-10-22/h2-8,13,18,21H,9-12H2,1H3. The van der Waals surface area contributed by atoms with Crippen LogP contribution in [0.2, 0.25) is 0 Å². The van der Waals surface area contributed by atoms with E-state index in [1.165, 1.54) is 12.1 Å². The number of hydrogen-bond acceptors (Lipinski definition) is 7. The largest absolute Gasteiger partial charge is 0.444 e. The number of morpholine rings is 1. The molecule has 1 aliphatic heterocycles. The molecule has 2 aromatic rings. The number of rotatable bonds is 6. The van der Waals surface area contributed by atoms with E-state index in [2.05, 4.69) is 5.32 Å². The van der Waals surface area contributed by atoms with Crippen molar-refractivity contribution >= 4 is 23.3 Å². The Kier molecular flexibility index (Phi) is 6.40. The third kappa shape index (κ3) is 4.69. The maximum atomic E-state index is 13.0. The van der Waals surface area contributed by atoms with Gasteiger partial charge in [-0.3, -0.25) is 14.9 Å². The van der Waals surface area contributed by atoms with Gasteiger partial charge < -0.3 is 19.7 Å². The fourth-order valence-corrected chi connectivity index (χ4v) is 3.03. The van der Waals surface area contributed by atoms with Crippen LogP contribution in [0.5, 0.6) is 0 Å². The topological polar surface area (TPSA) is 111 Å². The monoisotopic (exact) mass is 399 g/mol.